The summed E-state index contributed by atoms with van der Waals surface area (Å²) >= 11 is 0. The minimum atomic E-state index is 0.695. The molecule has 2 saturated carbocycles. The lowest BCUT2D eigenvalue weighted by Gasteiger charge is -2.33. The van der Waals surface area contributed by atoms with Crippen LogP contribution in [0.4, 0.5) is 11.4 Å². The first-order valence-electron chi connectivity index (χ1n) is 8.92. The van der Waals surface area contributed by atoms with E-state index in [-0.39, 0.29) is 0 Å². The average Bonchev–Trinajstić information content (AvgIpc) is 2.57. The number of anilines is 2. The Kier molecular flexibility index (Phi) is 5.05. The summed E-state index contributed by atoms with van der Waals surface area (Å²) in [5, 5.41) is 3.71. The topological polar surface area (TPSA) is 15.3 Å². The van der Waals surface area contributed by atoms with Gasteiger partial charge in [0.1, 0.15) is 0 Å². The number of hydrogen-bond donors (Lipinski definition) is 1. The molecular formula is C19H30N2. The molecule has 0 spiro atoms. The molecule has 2 fully saturated rings. The summed E-state index contributed by atoms with van der Waals surface area (Å²) < 4.78 is 0. The molecule has 1 aromatic rings. The number of rotatable bonds is 4. The zero-order valence-corrected chi connectivity index (χ0v) is 13.5. The maximum atomic E-state index is 3.71. The Hall–Kier alpha value is -1.18. The van der Waals surface area contributed by atoms with E-state index in [1.165, 1.54) is 75.6 Å². The number of nitrogens with one attached hydrogen (secondary N) is 1. The SMILES string of the molecule is CN(c1ccc(NC2CCCCC2)cc1)C1CCCCC1. The standard InChI is InChI=1S/C19H30N2/c1-21(18-10-6-3-7-11-18)19-14-12-17(13-15-19)20-16-8-4-2-5-9-16/h12-16,18,20H,2-11H2,1H3. The first kappa shape index (κ1) is 14.7. The van der Waals surface area contributed by atoms with Gasteiger partial charge >= 0.3 is 0 Å². The van der Waals surface area contributed by atoms with E-state index in [0.29, 0.717) is 6.04 Å². The van der Waals surface area contributed by atoms with Gasteiger partial charge in [-0.2, -0.15) is 0 Å². The van der Waals surface area contributed by atoms with Crippen LogP contribution in [0.2, 0.25) is 0 Å². The fourth-order valence-electron chi connectivity index (χ4n) is 3.95. The van der Waals surface area contributed by atoms with Crippen molar-refractivity contribution in [3.8, 4) is 0 Å². The molecule has 1 aromatic carbocycles. The molecular weight excluding hydrogens is 256 g/mol. The van der Waals surface area contributed by atoms with Crippen LogP contribution in [0.3, 0.4) is 0 Å². The Morgan fingerprint density at radius 3 is 2.00 bits per heavy atom. The van der Waals surface area contributed by atoms with Gasteiger partial charge in [0, 0.05) is 30.5 Å². The van der Waals surface area contributed by atoms with E-state index in [0.717, 1.165) is 6.04 Å². The van der Waals surface area contributed by atoms with Gasteiger partial charge in [0.2, 0.25) is 0 Å². The molecule has 2 aliphatic carbocycles. The molecule has 0 heterocycles. The summed E-state index contributed by atoms with van der Waals surface area (Å²) in [7, 11) is 2.26. The van der Waals surface area contributed by atoms with E-state index < -0.39 is 0 Å². The Labute approximate surface area is 129 Å². The summed E-state index contributed by atoms with van der Waals surface area (Å²) in [5.41, 5.74) is 2.67. The van der Waals surface area contributed by atoms with Crippen molar-refractivity contribution < 1.29 is 0 Å². The van der Waals surface area contributed by atoms with Gasteiger partial charge < -0.3 is 10.2 Å². The normalized spacial score (nSPS) is 21.2. The Morgan fingerprint density at radius 1 is 0.810 bits per heavy atom. The van der Waals surface area contributed by atoms with Gasteiger partial charge in [-0.3, -0.25) is 0 Å². The number of nitrogens with zero attached hydrogens (tertiary/aromatic N) is 1. The Morgan fingerprint density at radius 2 is 1.38 bits per heavy atom. The summed E-state index contributed by atoms with van der Waals surface area (Å²) in [6.07, 6.45) is 13.8. The first-order chi connectivity index (χ1) is 10.3. The van der Waals surface area contributed by atoms with Gasteiger partial charge in [-0.05, 0) is 49.9 Å². The van der Waals surface area contributed by atoms with E-state index in [2.05, 4.69) is 41.5 Å². The Bertz CT molecular complexity index is 414. The molecule has 0 amide bonds. The third-order valence-electron chi connectivity index (χ3n) is 5.37. The maximum Gasteiger partial charge on any atom is 0.0367 e. The molecule has 0 aliphatic heterocycles. The van der Waals surface area contributed by atoms with Crippen LogP contribution >= 0.6 is 0 Å². The molecule has 116 valence electrons. The summed E-state index contributed by atoms with van der Waals surface area (Å²) in [4.78, 5) is 2.49. The highest BCUT2D eigenvalue weighted by Gasteiger charge is 2.18. The molecule has 0 saturated heterocycles. The van der Waals surface area contributed by atoms with Gasteiger partial charge in [0.15, 0.2) is 0 Å². The smallest absolute Gasteiger partial charge is 0.0367 e. The lowest BCUT2D eigenvalue weighted by atomic mass is 9.94. The molecule has 3 rings (SSSR count). The van der Waals surface area contributed by atoms with Crippen LogP contribution in [0, 0.1) is 0 Å². The van der Waals surface area contributed by atoms with Crippen LogP contribution in [-0.2, 0) is 0 Å². The molecule has 1 N–H and O–H groups in total. The average molecular weight is 286 g/mol. The molecule has 0 radical (unpaired) electrons. The summed E-state index contributed by atoms with van der Waals surface area (Å²) in [6, 6.07) is 10.6. The van der Waals surface area contributed by atoms with Crippen molar-refractivity contribution >= 4 is 11.4 Å². The summed E-state index contributed by atoms with van der Waals surface area (Å²) in [6.45, 7) is 0. The lowest BCUT2D eigenvalue weighted by Crippen LogP contribution is -2.33. The molecule has 2 nitrogen and oxygen atoms in total. The molecule has 0 aromatic heterocycles. The van der Waals surface area contributed by atoms with Crippen LogP contribution in [0.1, 0.15) is 64.2 Å². The Balaban J connectivity index is 1.57. The fourth-order valence-corrected chi connectivity index (χ4v) is 3.95. The van der Waals surface area contributed by atoms with Gasteiger partial charge in [-0.15, -0.1) is 0 Å². The van der Waals surface area contributed by atoms with Gasteiger partial charge in [0.25, 0.3) is 0 Å². The van der Waals surface area contributed by atoms with E-state index in [4.69, 9.17) is 0 Å². The monoisotopic (exact) mass is 286 g/mol. The molecule has 21 heavy (non-hydrogen) atoms. The van der Waals surface area contributed by atoms with Crippen molar-refractivity contribution in [2.75, 3.05) is 17.3 Å². The predicted molar refractivity (Wildman–Crippen MR) is 92.2 cm³/mol. The van der Waals surface area contributed by atoms with E-state index >= 15 is 0 Å². The second-order valence-electron chi connectivity index (χ2n) is 6.93. The molecule has 0 bridgehead atoms. The zero-order chi connectivity index (χ0) is 14.5. The van der Waals surface area contributed by atoms with Crippen LogP contribution < -0.4 is 10.2 Å². The molecule has 2 heteroatoms. The van der Waals surface area contributed by atoms with Crippen molar-refractivity contribution in [1.82, 2.24) is 0 Å². The number of hydrogen-bond acceptors (Lipinski definition) is 2. The summed E-state index contributed by atoms with van der Waals surface area (Å²) in [5.74, 6) is 0. The minimum absolute atomic E-state index is 0.695. The van der Waals surface area contributed by atoms with Crippen LogP contribution in [-0.4, -0.2) is 19.1 Å². The second kappa shape index (κ2) is 7.20. The molecule has 2 aliphatic rings. The quantitative estimate of drug-likeness (QED) is 0.818. The van der Waals surface area contributed by atoms with Crippen molar-refractivity contribution in [3.05, 3.63) is 24.3 Å². The third kappa shape index (κ3) is 3.93. The maximum absolute atomic E-state index is 3.71. The highest BCUT2D eigenvalue weighted by molar-refractivity contribution is 5.55. The van der Waals surface area contributed by atoms with Gasteiger partial charge in [-0.1, -0.05) is 38.5 Å². The van der Waals surface area contributed by atoms with Crippen LogP contribution in [0.25, 0.3) is 0 Å². The van der Waals surface area contributed by atoms with E-state index in [1.807, 2.05) is 0 Å². The first-order valence-corrected chi connectivity index (χ1v) is 8.92. The molecule has 0 atom stereocenters. The van der Waals surface area contributed by atoms with Gasteiger partial charge in [0.05, 0.1) is 0 Å². The highest BCUT2D eigenvalue weighted by atomic mass is 15.1. The van der Waals surface area contributed by atoms with Crippen molar-refractivity contribution in [2.45, 2.75) is 76.3 Å². The predicted octanol–water partition coefficient (Wildman–Crippen LogP) is 5.20. The van der Waals surface area contributed by atoms with Crippen molar-refractivity contribution in [2.24, 2.45) is 0 Å². The number of benzene rings is 1. The van der Waals surface area contributed by atoms with Crippen LogP contribution in [0.5, 0.6) is 0 Å². The zero-order valence-electron chi connectivity index (χ0n) is 13.5. The fraction of sp³-hybridized carbons (Fsp3) is 0.684. The molecule has 0 unspecified atom stereocenters. The minimum Gasteiger partial charge on any atom is -0.382 e. The van der Waals surface area contributed by atoms with Crippen molar-refractivity contribution in [3.63, 3.8) is 0 Å². The third-order valence-corrected chi connectivity index (χ3v) is 5.37. The second-order valence-corrected chi connectivity index (χ2v) is 6.93. The van der Waals surface area contributed by atoms with Gasteiger partial charge in [-0.25, -0.2) is 0 Å². The van der Waals surface area contributed by atoms with E-state index in [1.54, 1.807) is 0 Å². The lowest BCUT2D eigenvalue weighted by molar-refractivity contribution is 0.427. The van der Waals surface area contributed by atoms with Crippen LogP contribution in [0.15, 0.2) is 24.3 Å². The van der Waals surface area contributed by atoms with Crippen molar-refractivity contribution in [1.29, 1.82) is 0 Å². The van der Waals surface area contributed by atoms with E-state index in [9.17, 15) is 0 Å². The largest absolute Gasteiger partial charge is 0.382 e. The highest BCUT2D eigenvalue weighted by Crippen LogP contribution is 2.28.